The SMILES string of the molecule is COc1ccc(CCN2C(=O)[C@@H]3[C@H](C)N[C@]4(C(=O)Nc5ccc(F)cc54)[C@@H]3C2=O)cc1OC. The van der Waals surface area contributed by atoms with Gasteiger partial charge in [-0.3, -0.25) is 24.6 Å². The molecule has 5 rings (SSSR count). The van der Waals surface area contributed by atoms with Crippen molar-refractivity contribution in [2.24, 2.45) is 11.8 Å². The van der Waals surface area contributed by atoms with E-state index in [2.05, 4.69) is 10.6 Å². The molecule has 0 bridgehead atoms. The first-order valence-electron chi connectivity index (χ1n) is 10.8. The van der Waals surface area contributed by atoms with Crippen molar-refractivity contribution < 1.29 is 28.2 Å². The Morgan fingerprint density at radius 1 is 1.03 bits per heavy atom. The number of hydrogen-bond acceptors (Lipinski definition) is 6. The summed E-state index contributed by atoms with van der Waals surface area (Å²) in [6.45, 7) is 1.95. The first kappa shape index (κ1) is 21.4. The summed E-state index contributed by atoms with van der Waals surface area (Å²) in [6, 6.07) is 8.99. The molecule has 3 aliphatic heterocycles. The summed E-state index contributed by atoms with van der Waals surface area (Å²) < 4.78 is 24.7. The highest BCUT2D eigenvalue weighted by atomic mass is 19.1. The van der Waals surface area contributed by atoms with Gasteiger partial charge in [-0.05, 0) is 49.2 Å². The van der Waals surface area contributed by atoms with Crippen LogP contribution < -0.4 is 20.1 Å². The number of rotatable bonds is 5. The highest BCUT2D eigenvalue weighted by molar-refractivity contribution is 6.15. The lowest BCUT2D eigenvalue weighted by Gasteiger charge is -2.29. The third kappa shape index (κ3) is 2.95. The molecule has 2 aromatic rings. The number of anilines is 1. The average Bonchev–Trinajstić information content (AvgIpc) is 3.36. The molecule has 2 fully saturated rings. The molecule has 0 aliphatic carbocycles. The molecule has 1 spiro atoms. The fourth-order valence-electron chi connectivity index (χ4n) is 5.49. The predicted octanol–water partition coefficient (Wildman–Crippen LogP) is 1.83. The summed E-state index contributed by atoms with van der Waals surface area (Å²) in [5, 5.41) is 5.92. The zero-order chi connectivity index (χ0) is 23.5. The van der Waals surface area contributed by atoms with Gasteiger partial charge in [0, 0.05) is 23.8 Å². The van der Waals surface area contributed by atoms with Gasteiger partial charge in [0.2, 0.25) is 17.7 Å². The summed E-state index contributed by atoms with van der Waals surface area (Å²) in [5.74, 6) is -2.19. The molecule has 0 radical (unpaired) electrons. The highest BCUT2D eigenvalue weighted by Crippen LogP contribution is 2.52. The lowest BCUT2D eigenvalue weighted by molar-refractivity contribution is -0.142. The molecule has 2 saturated heterocycles. The minimum Gasteiger partial charge on any atom is -0.493 e. The third-order valence-corrected chi connectivity index (χ3v) is 6.99. The van der Waals surface area contributed by atoms with Gasteiger partial charge < -0.3 is 14.8 Å². The largest absolute Gasteiger partial charge is 0.493 e. The lowest BCUT2D eigenvalue weighted by atomic mass is 9.76. The van der Waals surface area contributed by atoms with Crippen molar-refractivity contribution >= 4 is 23.4 Å². The first-order chi connectivity index (χ1) is 15.8. The van der Waals surface area contributed by atoms with Crippen LogP contribution in [-0.4, -0.2) is 49.4 Å². The molecule has 3 amide bonds. The van der Waals surface area contributed by atoms with Crippen LogP contribution in [0.3, 0.4) is 0 Å². The fourth-order valence-corrected chi connectivity index (χ4v) is 5.49. The molecule has 9 heteroatoms. The number of carbonyl (C=O) groups is 3. The maximum atomic E-state index is 14.1. The van der Waals surface area contributed by atoms with Crippen LogP contribution in [0.4, 0.5) is 10.1 Å². The van der Waals surface area contributed by atoms with Gasteiger partial charge in [-0.1, -0.05) is 6.07 Å². The van der Waals surface area contributed by atoms with Crippen molar-refractivity contribution in [2.45, 2.75) is 24.9 Å². The van der Waals surface area contributed by atoms with Gasteiger partial charge in [-0.2, -0.15) is 0 Å². The Balaban J connectivity index is 1.45. The Labute approximate surface area is 190 Å². The minimum atomic E-state index is -1.47. The number of carbonyl (C=O) groups excluding carboxylic acids is 3. The number of likely N-dealkylation sites (tertiary alicyclic amines) is 1. The topological polar surface area (TPSA) is 97.0 Å². The standard InChI is InChI=1S/C24H24FN3O5/c1-12-19-20(24(27-12)15-11-14(25)5-6-16(15)26-23(24)31)22(30)28(21(19)29)9-8-13-4-7-17(32-2)18(10-13)33-3/h4-7,10-12,19-20,27H,8-9H2,1-3H3,(H,26,31)/t12-,19+,20-,24-/m0/s1. The van der Waals surface area contributed by atoms with Gasteiger partial charge in [0.25, 0.3) is 0 Å². The summed E-state index contributed by atoms with van der Waals surface area (Å²) >= 11 is 0. The number of halogens is 1. The van der Waals surface area contributed by atoms with Crippen molar-refractivity contribution in [2.75, 3.05) is 26.1 Å². The Morgan fingerprint density at radius 3 is 2.52 bits per heavy atom. The van der Waals surface area contributed by atoms with Crippen LogP contribution in [0.5, 0.6) is 11.5 Å². The van der Waals surface area contributed by atoms with E-state index in [-0.39, 0.29) is 12.5 Å². The van der Waals surface area contributed by atoms with Gasteiger partial charge in [0.1, 0.15) is 11.4 Å². The molecule has 2 aromatic carbocycles. The van der Waals surface area contributed by atoms with Crippen LogP contribution >= 0.6 is 0 Å². The number of nitrogens with zero attached hydrogens (tertiary/aromatic N) is 1. The van der Waals surface area contributed by atoms with Crippen LogP contribution in [0.15, 0.2) is 36.4 Å². The number of ether oxygens (including phenoxy) is 2. The van der Waals surface area contributed by atoms with E-state index in [1.165, 1.54) is 30.2 Å². The van der Waals surface area contributed by atoms with E-state index in [0.717, 1.165) is 5.56 Å². The molecule has 4 atom stereocenters. The third-order valence-electron chi connectivity index (χ3n) is 6.99. The van der Waals surface area contributed by atoms with E-state index < -0.39 is 41.0 Å². The minimum absolute atomic E-state index is 0.167. The monoisotopic (exact) mass is 453 g/mol. The molecule has 0 saturated carbocycles. The van der Waals surface area contributed by atoms with Crippen molar-refractivity contribution in [3.63, 3.8) is 0 Å². The molecular weight excluding hydrogens is 429 g/mol. The number of methoxy groups -OCH3 is 2. The van der Waals surface area contributed by atoms with E-state index in [0.29, 0.717) is 29.2 Å². The van der Waals surface area contributed by atoms with E-state index in [4.69, 9.17) is 9.47 Å². The van der Waals surface area contributed by atoms with Gasteiger partial charge in [-0.15, -0.1) is 0 Å². The quantitative estimate of drug-likeness (QED) is 0.671. The number of nitrogens with one attached hydrogen (secondary N) is 2. The zero-order valence-corrected chi connectivity index (χ0v) is 18.5. The number of benzene rings is 2. The number of imide groups is 1. The van der Waals surface area contributed by atoms with E-state index in [1.807, 2.05) is 6.07 Å². The molecule has 8 nitrogen and oxygen atoms in total. The molecule has 172 valence electrons. The second-order valence-corrected chi connectivity index (χ2v) is 8.66. The summed E-state index contributed by atoms with van der Waals surface area (Å²) in [4.78, 5) is 41.2. The van der Waals surface area contributed by atoms with Crippen molar-refractivity contribution in [3.05, 3.63) is 53.3 Å². The fraction of sp³-hybridized carbons (Fsp3) is 0.375. The number of fused-ring (bicyclic) bond motifs is 4. The summed E-state index contributed by atoms with van der Waals surface area (Å²) in [7, 11) is 3.09. The second kappa shape index (κ2) is 7.55. The Bertz CT molecular complexity index is 1180. The molecule has 0 aromatic heterocycles. The summed E-state index contributed by atoms with van der Waals surface area (Å²) in [6.07, 6.45) is 0.420. The normalized spacial score (nSPS) is 27.7. The van der Waals surface area contributed by atoms with Crippen LogP contribution in [0.2, 0.25) is 0 Å². The van der Waals surface area contributed by atoms with E-state index in [1.54, 1.807) is 26.2 Å². The van der Waals surface area contributed by atoms with Gasteiger partial charge in [-0.25, -0.2) is 4.39 Å². The predicted molar refractivity (Wildman–Crippen MR) is 116 cm³/mol. The van der Waals surface area contributed by atoms with Crippen molar-refractivity contribution in [1.29, 1.82) is 0 Å². The zero-order valence-electron chi connectivity index (χ0n) is 18.5. The molecule has 0 unspecified atom stereocenters. The number of hydrogen-bond donors (Lipinski definition) is 2. The smallest absolute Gasteiger partial charge is 0.250 e. The molecular formula is C24H24FN3O5. The van der Waals surface area contributed by atoms with Crippen molar-refractivity contribution in [1.82, 2.24) is 10.2 Å². The van der Waals surface area contributed by atoms with Crippen molar-refractivity contribution in [3.8, 4) is 11.5 Å². The highest BCUT2D eigenvalue weighted by Gasteiger charge is 2.69. The van der Waals surface area contributed by atoms with Gasteiger partial charge in [0.05, 0.1) is 26.1 Å². The van der Waals surface area contributed by atoms with Gasteiger partial charge >= 0.3 is 0 Å². The second-order valence-electron chi connectivity index (χ2n) is 8.66. The Morgan fingerprint density at radius 2 is 1.79 bits per heavy atom. The van der Waals surface area contributed by atoms with Crippen LogP contribution in [0.1, 0.15) is 18.1 Å². The van der Waals surface area contributed by atoms with E-state index in [9.17, 15) is 18.8 Å². The average molecular weight is 453 g/mol. The van der Waals surface area contributed by atoms with Crippen LogP contribution in [0, 0.1) is 17.7 Å². The first-order valence-corrected chi connectivity index (χ1v) is 10.8. The van der Waals surface area contributed by atoms with E-state index >= 15 is 0 Å². The Hall–Kier alpha value is -3.46. The maximum Gasteiger partial charge on any atom is 0.250 e. The molecule has 3 aliphatic rings. The Kier molecular flexibility index (Phi) is 4.89. The number of amides is 3. The maximum absolute atomic E-state index is 14.1. The van der Waals surface area contributed by atoms with Gasteiger partial charge in [0.15, 0.2) is 11.5 Å². The summed E-state index contributed by atoms with van der Waals surface area (Å²) in [5.41, 5.74) is 0.226. The molecule has 2 N–H and O–H groups in total. The van der Waals surface area contributed by atoms with Crippen LogP contribution in [0.25, 0.3) is 0 Å². The molecule has 3 heterocycles. The lowest BCUT2D eigenvalue weighted by Crippen LogP contribution is -2.53. The van der Waals surface area contributed by atoms with Crippen LogP contribution in [-0.2, 0) is 26.3 Å². The molecule has 33 heavy (non-hydrogen) atoms.